The number of carbonyl (C=O) groups excluding carboxylic acids is 2. The van der Waals surface area contributed by atoms with Gasteiger partial charge in [0.1, 0.15) is 18.3 Å². The van der Waals surface area contributed by atoms with E-state index in [0.717, 1.165) is 41.1 Å². The van der Waals surface area contributed by atoms with Crippen LogP contribution in [0.2, 0.25) is 0 Å². The monoisotopic (exact) mass is 637 g/mol. The molecule has 1 aliphatic rings. The summed E-state index contributed by atoms with van der Waals surface area (Å²) in [7, 11) is 0.171. The van der Waals surface area contributed by atoms with Crippen LogP contribution in [-0.4, -0.2) is 65.1 Å². The first-order valence-electron chi connectivity index (χ1n) is 15.2. The Kier molecular flexibility index (Phi) is 11.3. The van der Waals surface area contributed by atoms with Crippen molar-refractivity contribution in [3.05, 3.63) is 77.9 Å². The molecule has 0 bridgehead atoms. The van der Waals surface area contributed by atoms with Gasteiger partial charge in [0.05, 0.1) is 31.9 Å². The molecular formula is C34H43N3O7S. The van der Waals surface area contributed by atoms with Gasteiger partial charge in [-0.25, -0.2) is 8.42 Å². The van der Waals surface area contributed by atoms with Gasteiger partial charge in [-0.3, -0.25) is 13.9 Å². The van der Waals surface area contributed by atoms with Gasteiger partial charge in [-0.1, -0.05) is 49.6 Å². The molecule has 10 nitrogen and oxygen atoms in total. The molecule has 2 amide bonds. The number of anilines is 1. The number of amides is 2. The number of ether oxygens (including phenoxy) is 3. The lowest BCUT2D eigenvalue weighted by atomic mass is 10.1. The smallest absolute Gasteiger partial charge is 0.264 e. The fourth-order valence-electron chi connectivity index (χ4n) is 5.60. The van der Waals surface area contributed by atoms with Crippen LogP contribution < -0.4 is 23.8 Å². The standard InChI is InChI=1S/C34H43N3O7S/c1-6-30(34(39)35-26-11-7-8-12-26)36(22-25-10-9-13-28(20-25)42-3)33(38)23-37(27-16-14-24(2)15-17-27)45(40,41)29-18-19-31(43-4)32(21-29)44-5/h9-10,13-21,26,30H,6-8,11-12,22-23H2,1-5H3,(H,35,39)/t30-/m1/s1. The zero-order valence-electron chi connectivity index (χ0n) is 26.6. The van der Waals surface area contributed by atoms with E-state index in [9.17, 15) is 18.0 Å². The van der Waals surface area contributed by atoms with E-state index in [2.05, 4.69) is 5.32 Å². The van der Waals surface area contributed by atoms with E-state index < -0.39 is 28.5 Å². The highest BCUT2D eigenvalue weighted by atomic mass is 32.2. The van der Waals surface area contributed by atoms with Crippen LogP contribution in [0.15, 0.2) is 71.6 Å². The Morgan fingerprint density at radius 3 is 2.22 bits per heavy atom. The van der Waals surface area contributed by atoms with Crippen LogP contribution in [0.4, 0.5) is 5.69 Å². The molecule has 1 N–H and O–H groups in total. The van der Waals surface area contributed by atoms with Crippen molar-refractivity contribution >= 4 is 27.5 Å². The predicted molar refractivity (Wildman–Crippen MR) is 173 cm³/mol. The highest BCUT2D eigenvalue weighted by Gasteiger charge is 2.35. The largest absolute Gasteiger partial charge is 0.497 e. The third kappa shape index (κ3) is 8.08. The van der Waals surface area contributed by atoms with Crippen LogP contribution in [0.3, 0.4) is 0 Å². The van der Waals surface area contributed by atoms with Crippen molar-refractivity contribution in [3.63, 3.8) is 0 Å². The predicted octanol–water partition coefficient (Wildman–Crippen LogP) is 5.08. The lowest BCUT2D eigenvalue weighted by Crippen LogP contribution is -2.53. The maximum absolute atomic E-state index is 14.4. The molecule has 1 atom stereocenters. The summed E-state index contributed by atoms with van der Waals surface area (Å²) in [6.45, 7) is 3.30. The Morgan fingerprint density at radius 2 is 1.60 bits per heavy atom. The summed E-state index contributed by atoms with van der Waals surface area (Å²) in [4.78, 5) is 29.4. The normalized spacial score (nSPS) is 14.0. The van der Waals surface area contributed by atoms with E-state index in [1.807, 2.05) is 26.0 Å². The number of benzene rings is 3. The van der Waals surface area contributed by atoms with Crippen molar-refractivity contribution in [2.75, 3.05) is 32.2 Å². The first kappa shape index (κ1) is 33.6. The second-order valence-electron chi connectivity index (χ2n) is 11.2. The maximum atomic E-state index is 14.4. The maximum Gasteiger partial charge on any atom is 0.264 e. The molecule has 4 rings (SSSR count). The van der Waals surface area contributed by atoms with Gasteiger partial charge < -0.3 is 24.4 Å². The highest BCUT2D eigenvalue weighted by molar-refractivity contribution is 7.92. The van der Waals surface area contributed by atoms with Crippen LogP contribution in [0.25, 0.3) is 0 Å². The van der Waals surface area contributed by atoms with Crippen LogP contribution in [-0.2, 0) is 26.2 Å². The number of aryl methyl sites for hydroxylation is 1. The average Bonchev–Trinajstić information content (AvgIpc) is 3.56. The molecule has 0 heterocycles. The van der Waals surface area contributed by atoms with Gasteiger partial charge in [0.15, 0.2) is 11.5 Å². The Labute approximate surface area is 266 Å². The van der Waals surface area contributed by atoms with E-state index >= 15 is 0 Å². The molecule has 1 aliphatic carbocycles. The molecule has 0 aromatic heterocycles. The van der Waals surface area contributed by atoms with Crippen LogP contribution in [0.1, 0.15) is 50.2 Å². The van der Waals surface area contributed by atoms with Crippen molar-refractivity contribution in [2.24, 2.45) is 0 Å². The minimum absolute atomic E-state index is 0.0646. The molecule has 0 aliphatic heterocycles. The van der Waals surface area contributed by atoms with Crippen molar-refractivity contribution in [1.29, 1.82) is 0 Å². The molecule has 1 saturated carbocycles. The van der Waals surface area contributed by atoms with Crippen LogP contribution in [0.5, 0.6) is 17.2 Å². The summed E-state index contributed by atoms with van der Waals surface area (Å²) in [5, 5.41) is 3.13. The molecule has 0 radical (unpaired) electrons. The second-order valence-corrected chi connectivity index (χ2v) is 13.0. The number of carbonyl (C=O) groups is 2. The van der Waals surface area contributed by atoms with Gasteiger partial charge in [-0.2, -0.15) is 0 Å². The Hall–Kier alpha value is -4.25. The topological polar surface area (TPSA) is 114 Å². The molecule has 3 aromatic rings. The summed E-state index contributed by atoms with van der Waals surface area (Å²) in [6.07, 6.45) is 4.25. The highest BCUT2D eigenvalue weighted by Crippen LogP contribution is 2.32. The first-order valence-corrected chi connectivity index (χ1v) is 16.6. The number of hydrogen-bond donors (Lipinski definition) is 1. The average molecular weight is 638 g/mol. The quantitative estimate of drug-likeness (QED) is 0.262. The van der Waals surface area contributed by atoms with E-state index in [1.165, 1.54) is 37.3 Å². The van der Waals surface area contributed by atoms with Gasteiger partial charge in [-0.05, 0) is 68.1 Å². The fourth-order valence-corrected chi connectivity index (χ4v) is 7.03. The van der Waals surface area contributed by atoms with Crippen LogP contribution >= 0.6 is 0 Å². The Balaban J connectivity index is 1.75. The van der Waals surface area contributed by atoms with Gasteiger partial charge in [-0.15, -0.1) is 0 Å². The zero-order chi connectivity index (χ0) is 32.6. The molecular weight excluding hydrogens is 594 g/mol. The van der Waals surface area contributed by atoms with E-state index in [-0.39, 0.29) is 29.1 Å². The second kappa shape index (κ2) is 15.2. The van der Waals surface area contributed by atoms with Crippen molar-refractivity contribution < 1.29 is 32.2 Å². The van der Waals surface area contributed by atoms with Crippen LogP contribution in [0, 0.1) is 6.92 Å². The zero-order valence-corrected chi connectivity index (χ0v) is 27.4. The van der Waals surface area contributed by atoms with E-state index in [4.69, 9.17) is 14.2 Å². The molecule has 242 valence electrons. The number of sulfonamides is 1. The minimum Gasteiger partial charge on any atom is -0.497 e. The van der Waals surface area contributed by atoms with Crippen molar-refractivity contribution in [2.45, 2.75) is 69.5 Å². The van der Waals surface area contributed by atoms with Gasteiger partial charge in [0.2, 0.25) is 11.8 Å². The number of nitrogens with one attached hydrogen (secondary N) is 1. The molecule has 11 heteroatoms. The number of rotatable bonds is 14. The van der Waals surface area contributed by atoms with Gasteiger partial charge >= 0.3 is 0 Å². The van der Waals surface area contributed by atoms with E-state index in [0.29, 0.717) is 23.6 Å². The lowest BCUT2D eigenvalue weighted by Gasteiger charge is -2.34. The number of methoxy groups -OCH3 is 3. The number of hydrogen-bond acceptors (Lipinski definition) is 7. The van der Waals surface area contributed by atoms with Crippen molar-refractivity contribution in [1.82, 2.24) is 10.2 Å². The molecule has 0 saturated heterocycles. The first-order chi connectivity index (χ1) is 21.6. The Bertz CT molecular complexity index is 1570. The summed E-state index contributed by atoms with van der Waals surface area (Å²) in [5.74, 6) is 0.461. The number of nitrogens with zero attached hydrogens (tertiary/aromatic N) is 2. The van der Waals surface area contributed by atoms with Gasteiger partial charge in [0, 0.05) is 18.7 Å². The molecule has 1 fully saturated rings. The summed E-state index contributed by atoms with van der Waals surface area (Å²) < 4.78 is 45.6. The molecule has 0 unspecified atom stereocenters. The summed E-state index contributed by atoms with van der Waals surface area (Å²) >= 11 is 0. The Morgan fingerprint density at radius 1 is 0.911 bits per heavy atom. The van der Waals surface area contributed by atoms with Gasteiger partial charge in [0.25, 0.3) is 10.0 Å². The third-order valence-corrected chi connectivity index (χ3v) is 9.89. The third-order valence-electron chi connectivity index (χ3n) is 8.12. The van der Waals surface area contributed by atoms with E-state index in [1.54, 1.807) is 43.5 Å². The summed E-state index contributed by atoms with van der Waals surface area (Å²) in [5.41, 5.74) is 2.00. The lowest BCUT2D eigenvalue weighted by molar-refractivity contribution is -0.140. The summed E-state index contributed by atoms with van der Waals surface area (Å²) in [6, 6.07) is 17.7. The molecule has 3 aromatic carbocycles. The fraction of sp³-hybridized carbons (Fsp3) is 0.412. The van der Waals surface area contributed by atoms with Crippen molar-refractivity contribution in [3.8, 4) is 17.2 Å². The molecule has 45 heavy (non-hydrogen) atoms. The minimum atomic E-state index is -4.28. The molecule has 0 spiro atoms. The SMILES string of the molecule is CC[C@H](C(=O)NC1CCCC1)N(Cc1cccc(OC)c1)C(=O)CN(c1ccc(C)cc1)S(=O)(=O)c1ccc(OC)c(OC)c1.